The second-order valence-corrected chi connectivity index (χ2v) is 6.14. The average molecular weight is 365 g/mol. The van der Waals surface area contributed by atoms with Crippen molar-refractivity contribution in [2.45, 2.75) is 18.9 Å². The predicted molar refractivity (Wildman–Crippen MR) is 90.2 cm³/mol. The normalized spacial score (nSPS) is 14.1. The van der Waals surface area contributed by atoms with E-state index < -0.39 is 11.2 Å². The number of hydrogen-bond acceptors (Lipinski definition) is 6. The van der Waals surface area contributed by atoms with E-state index >= 15 is 0 Å². The number of H-pyrrole nitrogens is 1. The summed E-state index contributed by atoms with van der Waals surface area (Å²) in [6.45, 7) is 0. The molecule has 1 fully saturated rings. The fourth-order valence-corrected chi connectivity index (χ4v) is 2.70. The van der Waals surface area contributed by atoms with Gasteiger partial charge in [0.15, 0.2) is 11.2 Å². The third-order valence-electron chi connectivity index (χ3n) is 3.61. The molecular weight excluding hydrogens is 355 g/mol. The molecule has 10 heteroatoms. The Kier molecular flexibility index (Phi) is 3.50. The molecule has 0 radical (unpaired) electrons. The first-order valence-electron chi connectivity index (χ1n) is 7.13. The topological polar surface area (TPSA) is 106 Å². The van der Waals surface area contributed by atoms with Crippen LogP contribution >= 0.6 is 23.2 Å². The summed E-state index contributed by atoms with van der Waals surface area (Å²) < 4.78 is 0.910. The molecule has 1 aliphatic rings. The Bertz CT molecular complexity index is 1070. The van der Waals surface area contributed by atoms with E-state index in [1.165, 1.54) is 18.5 Å². The molecule has 0 unspecified atom stereocenters. The summed E-state index contributed by atoms with van der Waals surface area (Å²) in [5.74, 6) is 0.435. The van der Waals surface area contributed by atoms with Crippen LogP contribution in [0.3, 0.4) is 0 Å². The van der Waals surface area contributed by atoms with Crippen molar-refractivity contribution in [1.82, 2.24) is 24.5 Å². The summed E-state index contributed by atoms with van der Waals surface area (Å²) in [4.78, 5) is 39.5. The number of aromatic amines is 1. The standard InChI is InChI=1S/C14H10Cl2N6O2/c15-8-5-18-10-12(20-8)21-14(24)22(13(10)23)7-3-4-17-11(9(7)16)19-6-1-2-6/h3-6H,1-2H2,(H,17,19)(H,20,21,24). The van der Waals surface area contributed by atoms with E-state index in [1.54, 1.807) is 0 Å². The summed E-state index contributed by atoms with van der Waals surface area (Å²) in [7, 11) is 0. The molecule has 3 heterocycles. The van der Waals surface area contributed by atoms with E-state index in [-0.39, 0.29) is 27.0 Å². The molecule has 24 heavy (non-hydrogen) atoms. The maximum atomic E-state index is 12.7. The third kappa shape index (κ3) is 2.53. The van der Waals surface area contributed by atoms with Gasteiger partial charge in [0.1, 0.15) is 16.0 Å². The molecule has 3 aromatic heterocycles. The van der Waals surface area contributed by atoms with E-state index in [4.69, 9.17) is 23.2 Å². The molecule has 0 aliphatic heterocycles. The molecule has 0 saturated heterocycles. The number of anilines is 1. The van der Waals surface area contributed by atoms with Crippen LogP contribution in [-0.4, -0.2) is 30.5 Å². The summed E-state index contributed by atoms with van der Waals surface area (Å²) in [6, 6.07) is 1.82. The quantitative estimate of drug-likeness (QED) is 0.733. The van der Waals surface area contributed by atoms with Gasteiger partial charge in [0.25, 0.3) is 5.56 Å². The van der Waals surface area contributed by atoms with Crippen LogP contribution in [0.1, 0.15) is 12.8 Å². The largest absolute Gasteiger partial charge is 0.366 e. The van der Waals surface area contributed by atoms with Crippen molar-refractivity contribution in [1.29, 1.82) is 0 Å². The van der Waals surface area contributed by atoms with Crippen LogP contribution < -0.4 is 16.6 Å². The number of aromatic nitrogens is 5. The summed E-state index contributed by atoms with van der Waals surface area (Å²) >= 11 is 12.1. The van der Waals surface area contributed by atoms with Gasteiger partial charge < -0.3 is 5.32 Å². The zero-order valence-electron chi connectivity index (χ0n) is 12.1. The minimum Gasteiger partial charge on any atom is -0.366 e. The molecule has 4 rings (SSSR count). The lowest BCUT2D eigenvalue weighted by Crippen LogP contribution is -2.34. The summed E-state index contributed by atoms with van der Waals surface area (Å²) in [6.07, 6.45) is 4.79. The average Bonchev–Trinajstić information content (AvgIpc) is 3.34. The molecule has 0 amide bonds. The van der Waals surface area contributed by atoms with Crippen molar-refractivity contribution in [2.24, 2.45) is 0 Å². The molecule has 2 N–H and O–H groups in total. The lowest BCUT2D eigenvalue weighted by molar-refractivity contribution is 0.885. The number of hydrogen-bond donors (Lipinski definition) is 2. The Hall–Kier alpha value is -2.45. The minimum atomic E-state index is -0.686. The number of nitrogens with one attached hydrogen (secondary N) is 2. The lowest BCUT2D eigenvalue weighted by Gasteiger charge is -2.11. The Morgan fingerprint density at radius 2 is 2.04 bits per heavy atom. The number of halogens is 2. The molecule has 3 aromatic rings. The van der Waals surface area contributed by atoms with Gasteiger partial charge in [-0.3, -0.25) is 9.78 Å². The highest BCUT2D eigenvalue weighted by Crippen LogP contribution is 2.30. The maximum absolute atomic E-state index is 12.7. The van der Waals surface area contributed by atoms with Gasteiger partial charge in [0, 0.05) is 12.2 Å². The van der Waals surface area contributed by atoms with Gasteiger partial charge in [0.05, 0.1) is 11.9 Å². The lowest BCUT2D eigenvalue weighted by atomic mass is 10.3. The molecule has 0 aromatic carbocycles. The molecule has 0 bridgehead atoms. The third-order valence-corrected chi connectivity index (χ3v) is 4.16. The van der Waals surface area contributed by atoms with E-state index in [0.29, 0.717) is 11.9 Å². The molecule has 0 spiro atoms. The SMILES string of the molecule is O=c1[nH]c2nc(Cl)cnc2c(=O)n1-c1ccnc(NC2CC2)c1Cl. The molecule has 1 aliphatic carbocycles. The highest BCUT2D eigenvalue weighted by Gasteiger charge is 2.24. The van der Waals surface area contributed by atoms with E-state index in [2.05, 4.69) is 25.3 Å². The van der Waals surface area contributed by atoms with Gasteiger partial charge in [-0.2, -0.15) is 0 Å². The molecule has 8 nitrogen and oxygen atoms in total. The van der Waals surface area contributed by atoms with Crippen molar-refractivity contribution in [3.05, 3.63) is 49.5 Å². The van der Waals surface area contributed by atoms with Crippen molar-refractivity contribution in [3.63, 3.8) is 0 Å². The van der Waals surface area contributed by atoms with Crippen molar-refractivity contribution < 1.29 is 0 Å². The van der Waals surface area contributed by atoms with Gasteiger partial charge in [-0.05, 0) is 18.9 Å². The first kappa shape index (κ1) is 15.1. The highest BCUT2D eigenvalue weighted by molar-refractivity contribution is 6.34. The first-order chi connectivity index (χ1) is 11.5. The van der Waals surface area contributed by atoms with Gasteiger partial charge in [-0.1, -0.05) is 23.2 Å². The second-order valence-electron chi connectivity index (χ2n) is 5.37. The van der Waals surface area contributed by atoms with Crippen molar-refractivity contribution >= 4 is 40.2 Å². The minimum absolute atomic E-state index is 0.0106. The van der Waals surface area contributed by atoms with Crippen LogP contribution in [0.4, 0.5) is 5.82 Å². The van der Waals surface area contributed by atoms with Gasteiger partial charge in [-0.25, -0.2) is 24.3 Å². The summed E-state index contributed by atoms with van der Waals surface area (Å²) in [5.41, 5.74) is -1.09. The smallest absolute Gasteiger partial charge is 0.334 e. The number of nitrogens with zero attached hydrogens (tertiary/aromatic N) is 4. The molecule has 0 atom stereocenters. The number of pyridine rings is 1. The number of fused-ring (bicyclic) bond motifs is 1. The Labute approximate surface area is 144 Å². The van der Waals surface area contributed by atoms with Crippen molar-refractivity contribution in [3.8, 4) is 5.69 Å². The van der Waals surface area contributed by atoms with Crippen LogP contribution in [0.15, 0.2) is 28.0 Å². The van der Waals surface area contributed by atoms with Gasteiger partial charge in [-0.15, -0.1) is 0 Å². The Morgan fingerprint density at radius 3 is 2.79 bits per heavy atom. The highest BCUT2D eigenvalue weighted by atomic mass is 35.5. The van der Waals surface area contributed by atoms with Crippen LogP contribution in [0, 0.1) is 0 Å². The van der Waals surface area contributed by atoms with Crippen LogP contribution in [0.25, 0.3) is 16.9 Å². The molecule has 1 saturated carbocycles. The fourth-order valence-electron chi connectivity index (χ4n) is 2.31. The Morgan fingerprint density at radius 1 is 1.25 bits per heavy atom. The predicted octanol–water partition coefficient (Wildman–Crippen LogP) is 1.75. The van der Waals surface area contributed by atoms with E-state index in [0.717, 1.165) is 17.4 Å². The molecular formula is C14H10Cl2N6O2. The maximum Gasteiger partial charge on any atom is 0.334 e. The van der Waals surface area contributed by atoms with Crippen LogP contribution in [-0.2, 0) is 0 Å². The second kappa shape index (κ2) is 5.57. The van der Waals surface area contributed by atoms with Crippen LogP contribution in [0.2, 0.25) is 10.2 Å². The number of rotatable bonds is 3. The first-order valence-corrected chi connectivity index (χ1v) is 7.89. The molecule has 122 valence electrons. The van der Waals surface area contributed by atoms with Gasteiger partial charge in [0.2, 0.25) is 0 Å². The van der Waals surface area contributed by atoms with Crippen LogP contribution in [0.5, 0.6) is 0 Å². The Balaban J connectivity index is 1.95. The van der Waals surface area contributed by atoms with E-state index in [9.17, 15) is 9.59 Å². The zero-order valence-corrected chi connectivity index (χ0v) is 13.6. The van der Waals surface area contributed by atoms with Gasteiger partial charge >= 0.3 is 5.69 Å². The van der Waals surface area contributed by atoms with E-state index in [1.807, 2.05) is 0 Å². The zero-order chi connectivity index (χ0) is 16.8. The van der Waals surface area contributed by atoms with Crippen molar-refractivity contribution in [2.75, 3.05) is 5.32 Å². The monoisotopic (exact) mass is 364 g/mol. The fraction of sp³-hybridized carbons (Fsp3) is 0.214. The summed E-state index contributed by atoms with van der Waals surface area (Å²) in [5, 5.41) is 3.43.